The SMILES string of the molecule is COCCC(NC(=O)N1CCCSCC1)C(=O)O. The molecule has 0 radical (unpaired) electrons. The number of carboxylic acids is 1. The molecule has 18 heavy (non-hydrogen) atoms. The van der Waals surface area contributed by atoms with E-state index in [1.54, 1.807) is 4.90 Å². The number of ether oxygens (including phenoxy) is 1. The summed E-state index contributed by atoms with van der Waals surface area (Å²) >= 11 is 1.82. The lowest BCUT2D eigenvalue weighted by molar-refractivity contribution is -0.139. The number of amides is 2. The number of methoxy groups -OCH3 is 1. The molecule has 1 aliphatic rings. The predicted octanol–water partition coefficient (Wildman–Crippen LogP) is 0.625. The Morgan fingerprint density at radius 1 is 1.44 bits per heavy atom. The molecule has 2 N–H and O–H groups in total. The summed E-state index contributed by atoms with van der Waals surface area (Å²) in [6.45, 7) is 1.68. The van der Waals surface area contributed by atoms with Crippen molar-refractivity contribution in [3.63, 3.8) is 0 Å². The van der Waals surface area contributed by atoms with Crippen LogP contribution in [-0.4, -0.2) is 66.4 Å². The van der Waals surface area contributed by atoms with Gasteiger partial charge >= 0.3 is 12.0 Å². The normalized spacial score (nSPS) is 17.9. The molecule has 7 heteroatoms. The third-order valence-electron chi connectivity index (χ3n) is 2.72. The number of hydrogen-bond donors (Lipinski definition) is 2. The zero-order valence-corrected chi connectivity index (χ0v) is 11.4. The summed E-state index contributed by atoms with van der Waals surface area (Å²) in [6, 6.07) is -1.17. The van der Waals surface area contributed by atoms with Crippen LogP contribution < -0.4 is 5.32 Å². The minimum atomic E-state index is -1.02. The summed E-state index contributed by atoms with van der Waals surface area (Å²) in [7, 11) is 1.51. The molecule has 2 amide bonds. The van der Waals surface area contributed by atoms with Crippen molar-refractivity contribution >= 4 is 23.8 Å². The fourth-order valence-electron chi connectivity index (χ4n) is 1.68. The number of urea groups is 1. The Balaban J connectivity index is 2.45. The first-order valence-corrected chi connectivity index (χ1v) is 7.15. The Morgan fingerprint density at radius 2 is 2.22 bits per heavy atom. The fraction of sp³-hybridized carbons (Fsp3) is 0.818. The lowest BCUT2D eigenvalue weighted by atomic mass is 10.2. The largest absolute Gasteiger partial charge is 0.480 e. The molecule has 1 atom stereocenters. The molecular formula is C11H20N2O4S. The van der Waals surface area contributed by atoms with Gasteiger partial charge in [0.2, 0.25) is 0 Å². The Morgan fingerprint density at radius 3 is 2.89 bits per heavy atom. The maximum Gasteiger partial charge on any atom is 0.326 e. The van der Waals surface area contributed by atoms with Crippen molar-refractivity contribution in [2.75, 3.05) is 38.3 Å². The second kappa shape index (κ2) is 8.20. The van der Waals surface area contributed by atoms with Gasteiger partial charge in [0.1, 0.15) is 6.04 Å². The average molecular weight is 276 g/mol. The molecule has 1 heterocycles. The molecule has 0 aliphatic carbocycles. The van der Waals surface area contributed by atoms with Crippen molar-refractivity contribution in [2.24, 2.45) is 0 Å². The summed E-state index contributed by atoms with van der Waals surface area (Å²) in [5.74, 6) is 0.934. The van der Waals surface area contributed by atoms with E-state index in [1.165, 1.54) is 7.11 Å². The highest BCUT2D eigenvalue weighted by Gasteiger charge is 2.23. The van der Waals surface area contributed by atoms with Crippen molar-refractivity contribution in [1.29, 1.82) is 0 Å². The molecule has 0 bridgehead atoms. The first-order chi connectivity index (χ1) is 8.65. The van der Waals surface area contributed by atoms with E-state index in [1.807, 2.05) is 11.8 Å². The van der Waals surface area contributed by atoms with Crippen LogP contribution in [-0.2, 0) is 9.53 Å². The quantitative estimate of drug-likeness (QED) is 0.770. The van der Waals surface area contributed by atoms with E-state index in [0.717, 1.165) is 17.9 Å². The van der Waals surface area contributed by atoms with Crippen LogP contribution >= 0.6 is 11.8 Å². The molecule has 1 aliphatic heterocycles. The number of carboxylic acid groups (broad SMARTS) is 1. The molecule has 1 saturated heterocycles. The number of carbonyl (C=O) groups is 2. The highest BCUT2D eigenvalue weighted by molar-refractivity contribution is 7.99. The maximum absolute atomic E-state index is 11.9. The second-order valence-corrected chi connectivity index (χ2v) is 5.30. The highest BCUT2D eigenvalue weighted by atomic mass is 32.2. The van der Waals surface area contributed by atoms with Gasteiger partial charge < -0.3 is 20.1 Å². The van der Waals surface area contributed by atoms with Crippen molar-refractivity contribution in [3.05, 3.63) is 0 Å². The van der Waals surface area contributed by atoms with Gasteiger partial charge in [-0.2, -0.15) is 11.8 Å². The predicted molar refractivity (Wildman–Crippen MR) is 70.0 cm³/mol. The molecule has 0 saturated carbocycles. The zero-order chi connectivity index (χ0) is 13.4. The maximum atomic E-state index is 11.9. The number of thioether (sulfide) groups is 1. The van der Waals surface area contributed by atoms with E-state index in [2.05, 4.69) is 5.32 Å². The fourth-order valence-corrected chi connectivity index (χ4v) is 2.57. The van der Waals surface area contributed by atoms with E-state index in [4.69, 9.17) is 9.84 Å². The standard InChI is InChI=1S/C11H20N2O4S/c1-17-6-3-9(10(14)15)12-11(16)13-4-2-7-18-8-5-13/h9H,2-8H2,1H3,(H,12,16)(H,14,15). The second-order valence-electron chi connectivity index (χ2n) is 4.07. The Labute approximate surface area is 111 Å². The Hall–Kier alpha value is -0.950. The van der Waals surface area contributed by atoms with Crippen LogP contribution in [0.2, 0.25) is 0 Å². The van der Waals surface area contributed by atoms with Crippen LogP contribution in [0.15, 0.2) is 0 Å². The monoisotopic (exact) mass is 276 g/mol. The van der Waals surface area contributed by atoms with Gasteiger partial charge in [-0.25, -0.2) is 9.59 Å². The summed E-state index contributed by atoms with van der Waals surface area (Å²) < 4.78 is 4.84. The van der Waals surface area contributed by atoms with E-state index in [-0.39, 0.29) is 12.5 Å². The molecule has 1 unspecified atom stereocenters. The van der Waals surface area contributed by atoms with Crippen molar-refractivity contribution in [3.8, 4) is 0 Å². The van der Waals surface area contributed by atoms with Gasteiger partial charge in [0, 0.05) is 39.0 Å². The van der Waals surface area contributed by atoms with Crippen LogP contribution in [0.3, 0.4) is 0 Å². The minimum Gasteiger partial charge on any atom is -0.480 e. The number of hydrogen-bond acceptors (Lipinski definition) is 4. The van der Waals surface area contributed by atoms with Gasteiger partial charge in [0.25, 0.3) is 0 Å². The van der Waals surface area contributed by atoms with E-state index >= 15 is 0 Å². The van der Waals surface area contributed by atoms with Gasteiger partial charge in [-0.15, -0.1) is 0 Å². The first kappa shape index (κ1) is 15.1. The molecule has 1 rings (SSSR count). The van der Waals surface area contributed by atoms with Crippen LogP contribution in [0.25, 0.3) is 0 Å². The number of aliphatic carboxylic acids is 1. The summed E-state index contributed by atoms with van der Waals surface area (Å²) in [5.41, 5.74) is 0. The van der Waals surface area contributed by atoms with Crippen LogP contribution in [0, 0.1) is 0 Å². The van der Waals surface area contributed by atoms with Crippen molar-refractivity contribution in [2.45, 2.75) is 18.9 Å². The van der Waals surface area contributed by atoms with Gasteiger partial charge in [0.05, 0.1) is 0 Å². The number of carbonyl (C=O) groups excluding carboxylic acids is 1. The van der Waals surface area contributed by atoms with Crippen molar-refractivity contribution in [1.82, 2.24) is 10.2 Å². The Kier molecular flexibility index (Phi) is 6.89. The lowest BCUT2D eigenvalue weighted by Gasteiger charge is -2.23. The van der Waals surface area contributed by atoms with E-state index in [9.17, 15) is 9.59 Å². The van der Waals surface area contributed by atoms with Gasteiger partial charge in [-0.05, 0) is 12.2 Å². The van der Waals surface area contributed by atoms with Gasteiger partial charge in [-0.3, -0.25) is 0 Å². The summed E-state index contributed by atoms with van der Waals surface area (Å²) in [6.07, 6.45) is 1.23. The van der Waals surface area contributed by atoms with Crippen molar-refractivity contribution < 1.29 is 19.4 Å². The zero-order valence-electron chi connectivity index (χ0n) is 10.6. The number of nitrogens with one attached hydrogen (secondary N) is 1. The molecule has 0 aromatic heterocycles. The summed E-state index contributed by atoms with van der Waals surface area (Å²) in [5, 5.41) is 11.6. The summed E-state index contributed by atoms with van der Waals surface area (Å²) in [4.78, 5) is 24.6. The molecular weight excluding hydrogens is 256 g/mol. The van der Waals surface area contributed by atoms with Gasteiger partial charge in [-0.1, -0.05) is 0 Å². The van der Waals surface area contributed by atoms with Crippen LogP contribution in [0.4, 0.5) is 4.79 Å². The minimum absolute atomic E-state index is 0.278. The highest BCUT2D eigenvalue weighted by Crippen LogP contribution is 2.10. The van der Waals surface area contributed by atoms with Crippen LogP contribution in [0.1, 0.15) is 12.8 Å². The number of rotatable bonds is 5. The lowest BCUT2D eigenvalue weighted by Crippen LogP contribution is -2.49. The average Bonchev–Trinajstić information content (AvgIpc) is 2.62. The molecule has 0 aromatic carbocycles. The van der Waals surface area contributed by atoms with Crippen LogP contribution in [0.5, 0.6) is 0 Å². The Bertz CT molecular complexity index is 280. The number of nitrogens with zero attached hydrogens (tertiary/aromatic N) is 1. The first-order valence-electron chi connectivity index (χ1n) is 6.00. The smallest absolute Gasteiger partial charge is 0.326 e. The topological polar surface area (TPSA) is 78.9 Å². The van der Waals surface area contributed by atoms with E-state index < -0.39 is 12.0 Å². The molecule has 1 fully saturated rings. The molecule has 0 spiro atoms. The molecule has 0 aromatic rings. The third kappa shape index (κ3) is 5.14. The molecule has 104 valence electrons. The van der Waals surface area contributed by atoms with E-state index in [0.29, 0.717) is 19.7 Å². The molecule has 6 nitrogen and oxygen atoms in total. The van der Waals surface area contributed by atoms with Gasteiger partial charge in [0.15, 0.2) is 0 Å². The third-order valence-corrected chi connectivity index (χ3v) is 3.76.